The first-order chi connectivity index (χ1) is 11.5. The van der Waals surface area contributed by atoms with Crippen molar-refractivity contribution in [2.75, 3.05) is 6.61 Å². The van der Waals surface area contributed by atoms with Crippen LogP contribution in [0.5, 0.6) is 5.75 Å². The summed E-state index contributed by atoms with van der Waals surface area (Å²) in [5.41, 5.74) is 7.31. The maximum atomic E-state index is 12.2. The number of primary amides is 1. The fraction of sp³-hybridized carbons (Fsp3) is 0.350. The predicted molar refractivity (Wildman–Crippen MR) is 94.7 cm³/mol. The highest BCUT2D eigenvalue weighted by Crippen LogP contribution is 2.33. The average molecular weight is 327 g/mol. The van der Waals surface area contributed by atoms with Gasteiger partial charge in [-0.25, -0.2) is 0 Å². The third-order valence-corrected chi connectivity index (χ3v) is 4.22. The number of hydrogen-bond acceptors (Lipinski definition) is 3. The fourth-order valence-corrected chi connectivity index (χ4v) is 2.91. The summed E-state index contributed by atoms with van der Waals surface area (Å²) in [6.45, 7) is 6.52. The lowest BCUT2D eigenvalue weighted by Crippen LogP contribution is -2.44. The van der Waals surface area contributed by atoms with E-state index in [-0.39, 0.29) is 0 Å². The molecule has 2 rings (SSSR count). The Morgan fingerprint density at radius 1 is 1.08 bits per heavy atom. The van der Waals surface area contributed by atoms with Crippen LogP contribution in [0.1, 0.15) is 37.0 Å². The minimum Gasteiger partial charge on any atom is -0.489 e. The molecule has 0 saturated heterocycles. The van der Waals surface area contributed by atoms with Crippen LogP contribution in [-0.2, 0) is 21.7 Å². The van der Waals surface area contributed by atoms with Gasteiger partial charge in [-0.05, 0) is 43.0 Å². The van der Waals surface area contributed by atoms with E-state index >= 15 is 0 Å². The van der Waals surface area contributed by atoms with Crippen molar-refractivity contribution in [1.29, 1.82) is 0 Å². The minimum absolute atomic E-state index is 0.350. The molecule has 0 spiro atoms. The molecule has 0 bridgehead atoms. The highest BCUT2D eigenvalue weighted by molar-refractivity contribution is 5.85. The minimum atomic E-state index is -1.12. The maximum absolute atomic E-state index is 12.2. The summed E-state index contributed by atoms with van der Waals surface area (Å²) in [5.74, 6) is 0.347. The second-order valence-corrected chi connectivity index (χ2v) is 5.69. The van der Waals surface area contributed by atoms with E-state index in [0.29, 0.717) is 19.6 Å². The van der Waals surface area contributed by atoms with Gasteiger partial charge in [-0.15, -0.1) is 0 Å². The number of nitrogens with two attached hydrogens (primary N) is 1. The molecule has 0 aliphatic heterocycles. The van der Waals surface area contributed by atoms with Crippen molar-refractivity contribution in [2.24, 2.45) is 5.73 Å². The molecule has 0 aliphatic carbocycles. The smallest absolute Gasteiger partial charge is 0.254 e. The van der Waals surface area contributed by atoms with E-state index in [1.807, 2.05) is 69.3 Å². The summed E-state index contributed by atoms with van der Waals surface area (Å²) >= 11 is 0. The van der Waals surface area contributed by atoms with Crippen molar-refractivity contribution in [2.45, 2.75) is 39.4 Å². The molecule has 1 atom stereocenters. The van der Waals surface area contributed by atoms with Crippen molar-refractivity contribution in [3.8, 4) is 5.75 Å². The molecule has 2 N–H and O–H groups in total. The van der Waals surface area contributed by atoms with Gasteiger partial charge in [0.1, 0.15) is 12.4 Å². The average Bonchev–Trinajstić information content (AvgIpc) is 2.59. The number of ether oxygens (including phenoxy) is 2. The topological polar surface area (TPSA) is 61.5 Å². The Hall–Kier alpha value is -2.33. The molecule has 1 amide bonds. The van der Waals surface area contributed by atoms with Crippen LogP contribution in [0.3, 0.4) is 0 Å². The number of hydrogen-bond donors (Lipinski definition) is 1. The molecule has 4 heteroatoms. The van der Waals surface area contributed by atoms with Gasteiger partial charge in [-0.3, -0.25) is 4.79 Å². The number of carbonyl (C=O) groups is 1. The standard InChI is InChI=1S/C20H25NO3/c1-4-20(19(21)22,24-5-2)17-12-8-7-11-16(17)14-23-18-13-9-6-10-15(18)3/h6-13H,4-5,14H2,1-3H3,(H2,21,22). The highest BCUT2D eigenvalue weighted by Gasteiger charge is 2.39. The molecule has 2 aromatic rings. The van der Waals surface area contributed by atoms with Gasteiger partial charge in [-0.1, -0.05) is 49.4 Å². The summed E-state index contributed by atoms with van der Waals surface area (Å²) < 4.78 is 11.8. The molecule has 0 aromatic heterocycles. The summed E-state index contributed by atoms with van der Waals surface area (Å²) in [7, 11) is 0. The monoisotopic (exact) mass is 327 g/mol. The van der Waals surface area contributed by atoms with Crippen molar-refractivity contribution in [1.82, 2.24) is 0 Å². The molecule has 0 fully saturated rings. The summed E-state index contributed by atoms with van der Waals surface area (Å²) in [4.78, 5) is 12.2. The Morgan fingerprint density at radius 2 is 1.75 bits per heavy atom. The van der Waals surface area contributed by atoms with Crippen molar-refractivity contribution in [3.05, 3.63) is 65.2 Å². The predicted octanol–water partition coefficient (Wildman–Crippen LogP) is 3.70. The number of amides is 1. The molecule has 0 heterocycles. The van der Waals surface area contributed by atoms with Gasteiger partial charge in [0.15, 0.2) is 5.60 Å². The zero-order valence-corrected chi connectivity index (χ0v) is 14.5. The SMILES string of the molecule is CCOC(CC)(C(N)=O)c1ccccc1COc1ccccc1C. The Bertz CT molecular complexity index is 699. The number of rotatable bonds is 8. The lowest BCUT2D eigenvalue weighted by molar-refractivity contribution is -0.145. The lowest BCUT2D eigenvalue weighted by Gasteiger charge is -2.31. The van der Waals surface area contributed by atoms with Gasteiger partial charge in [0, 0.05) is 6.61 Å². The van der Waals surface area contributed by atoms with E-state index in [2.05, 4.69) is 0 Å². The molecule has 0 saturated carbocycles. The zero-order valence-electron chi connectivity index (χ0n) is 14.5. The van der Waals surface area contributed by atoms with Gasteiger partial charge in [0.25, 0.3) is 5.91 Å². The zero-order chi connectivity index (χ0) is 17.6. The van der Waals surface area contributed by atoms with E-state index in [1.165, 1.54) is 0 Å². The van der Waals surface area contributed by atoms with Crippen LogP contribution in [0.2, 0.25) is 0 Å². The summed E-state index contributed by atoms with van der Waals surface area (Å²) in [6.07, 6.45) is 0.470. The molecule has 2 aromatic carbocycles. The van der Waals surface area contributed by atoms with Crippen molar-refractivity contribution in [3.63, 3.8) is 0 Å². The molecule has 1 unspecified atom stereocenters. The van der Waals surface area contributed by atoms with Gasteiger partial charge < -0.3 is 15.2 Å². The summed E-state index contributed by atoms with van der Waals surface area (Å²) in [5, 5.41) is 0. The van der Waals surface area contributed by atoms with E-state index in [0.717, 1.165) is 22.4 Å². The number of para-hydroxylation sites is 1. The molecule has 128 valence electrons. The molecular formula is C20H25NO3. The second kappa shape index (κ2) is 7.97. The lowest BCUT2D eigenvalue weighted by atomic mass is 9.86. The van der Waals surface area contributed by atoms with Crippen LogP contribution >= 0.6 is 0 Å². The molecular weight excluding hydrogens is 302 g/mol. The Morgan fingerprint density at radius 3 is 2.38 bits per heavy atom. The normalized spacial score (nSPS) is 13.3. The van der Waals surface area contributed by atoms with Crippen LogP contribution in [0, 0.1) is 6.92 Å². The van der Waals surface area contributed by atoms with Crippen LogP contribution in [0.25, 0.3) is 0 Å². The molecule has 0 radical (unpaired) electrons. The first kappa shape index (κ1) is 18.0. The van der Waals surface area contributed by atoms with Gasteiger partial charge in [0.2, 0.25) is 0 Å². The van der Waals surface area contributed by atoms with Crippen LogP contribution < -0.4 is 10.5 Å². The second-order valence-electron chi connectivity index (χ2n) is 5.69. The largest absolute Gasteiger partial charge is 0.489 e. The fourth-order valence-electron chi connectivity index (χ4n) is 2.91. The maximum Gasteiger partial charge on any atom is 0.254 e. The first-order valence-electron chi connectivity index (χ1n) is 8.25. The first-order valence-corrected chi connectivity index (χ1v) is 8.25. The number of carbonyl (C=O) groups excluding carboxylic acids is 1. The number of benzene rings is 2. The molecule has 24 heavy (non-hydrogen) atoms. The van der Waals surface area contributed by atoms with E-state index in [1.54, 1.807) is 0 Å². The van der Waals surface area contributed by atoms with Crippen molar-refractivity contribution < 1.29 is 14.3 Å². The Balaban J connectivity index is 2.35. The molecule has 4 nitrogen and oxygen atoms in total. The van der Waals surface area contributed by atoms with Gasteiger partial charge in [0.05, 0.1) is 0 Å². The quantitative estimate of drug-likeness (QED) is 0.804. The van der Waals surface area contributed by atoms with Crippen molar-refractivity contribution >= 4 is 5.91 Å². The van der Waals surface area contributed by atoms with Gasteiger partial charge in [-0.2, -0.15) is 0 Å². The van der Waals surface area contributed by atoms with Crippen LogP contribution in [0.15, 0.2) is 48.5 Å². The Kier molecular flexibility index (Phi) is 5.99. The number of aryl methyl sites for hydroxylation is 1. The van der Waals surface area contributed by atoms with Crippen LogP contribution in [-0.4, -0.2) is 12.5 Å². The van der Waals surface area contributed by atoms with E-state index in [4.69, 9.17) is 15.2 Å². The van der Waals surface area contributed by atoms with E-state index in [9.17, 15) is 4.79 Å². The van der Waals surface area contributed by atoms with E-state index < -0.39 is 11.5 Å². The highest BCUT2D eigenvalue weighted by atomic mass is 16.5. The Labute approximate surface area is 143 Å². The third-order valence-electron chi connectivity index (χ3n) is 4.22. The summed E-state index contributed by atoms with van der Waals surface area (Å²) in [6, 6.07) is 15.5. The third kappa shape index (κ3) is 3.60. The van der Waals surface area contributed by atoms with Gasteiger partial charge >= 0.3 is 0 Å². The molecule has 0 aliphatic rings. The van der Waals surface area contributed by atoms with Crippen LogP contribution in [0.4, 0.5) is 0 Å².